The first-order valence-electron chi connectivity index (χ1n) is 4.76. The molecule has 1 rings (SSSR count). The molecule has 1 heteroatoms. The van der Waals surface area contributed by atoms with Crippen LogP contribution in [0.3, 0.4) is 0 Å². The molecule has 0 N–H and O–H groups in total. The summed E-state index contributed by atoms with van der Waals surface area (Å²) < 4.78 is 0. The Labute approximate surface area is 80.0 Å². The maximum atomic E-state index is 8.85. The van der Waals surface area contributed by atoms with Gasteiger partial charge in [0.15, 0.2) is 0 Å². The summed E-state index contributed by atoms with van der Waals surface area (Å²) in [6.07, 6.45) is 2.07. The fourth-order valence-corrected chi connectivity index (χ4v) is 1.76. The molecule has 0 heterocycles. The molecule has 0 radical (unpaired) electrons. The zero-order valence-electron chi connectivity index (χ0n) is 8.52. The summed E-state index contributed by atoms with van der Waals surface area (Å²) in [5, 5.41) is 8.85. The Morgan fingerprint density at radius 3 is 2.38 bits per heavy atom. The number of rotatable bonds is 2. The molecule has 0 fully saturated rings. The van der Waals surface area contributed by atoms with Crippen molar-refractivity contribution in [1.29, 1.82) is 5.26 Å². The van der Waals surface area contributed by atoms with E-state index in [4.69, 9.17) is 5.26 Å². The van der Waals surface area contributed by atoms with E-state index in [2.05, 4.69) is 26.0 Å². The molecule has 0 unspecified atom stereocenters. The number of nitriles is 1. The number of aryl methyl sites for hydroxylation is 1. The third kappa shape index (κ3) is 1.72. The highest BCUT2D eigenvalue weighted by molar-refractivity contribution is 5.46. The van der Waals surface area contributed by atoms with E-state index >= 15 is 0 Å². The molecule has 0 saturated carbocycles. The summed E-state index contributed by atoms with van der Waals surface area (Å²) in [6.45, 7) is 6.33. The molecule has 0 aliphatic carbocycles. The fraction of sp³-hybridized carbons (Fsp3) is 0.417. The first-order valence-corrected chi connectivity index (χ1v) is 4.76. The molecule has 68 valence electrons. The molecular weight excluding hydrogens is 158 g/mol. The van der Waals surface area contributed by atoms with Gasteiger partial charge in [0.05, 0.1) is 11.6 Å². The highest BCUT2D eigenvalue weighted by atomic mass is 14.2. The molecular formula is C12H15N. The maximum absolute atomic E-state index is 8.85. The minimum atomic E-state index is 0.814. The lowest BCUT2D eigenvalue weighted by Gasteiger charge is -2.10. The van der Waals surface area contributed by atoms with Gasteiger partial charge >= 0.3 is 0 Å². The standard InChI is InChI=1S/C12H15N/c1-4-10-6-7-11(8-13)9(3)12(10)5-2/h6-7H,4-5H2,1-3H3. The highest BCUT2D eigenvalue weighted by Crippen LogP contribution is 2.19. The van der Waals surface area contributed by atoms with E-state index < -0.39 is 0 Å². The first kappa shape index (κ1) is 9.80. The van der Waals surface area contributed by atoms with Gasteiger partial charge in [0.1, 0.15) is 0 Å². The van der Waals surface area contributed by atoms with Crippen molar-refractivity contribution in [2.75, 3.05) is 0 Å². The number of hydrogen-bond acceptors (Lipinski definition) is 1. The van der Waals surface area contributed by atoms with Crippen LogP contribution in [0.25, 0.3) is 0 Å². The summed E-state index contributed by atoms with van der Waals surface area (Å²) in [4.78, 5) is 0. The van der Waals surface area contributed by atoms with Crippen LogP contribution in [0.2, 0.25) is 0 Å². The summed E-state index contributed by atoms with van der Waals surface area (Å²) >= 11 is 0. The predicted octanol–water partition coefficient (Wildman–Crippen LogP) is 2.99. The third-order valence-corrected chi connectivity index (χ3v) is 2.55. The smallest absolute Gasteiger partial charge is 0.0994 e. The van der Waals surface area contributed by atoms with Crippen LogP contribution in [-0.4, -0.2) is 0 Å². The van der Waals surface area contributed by atoms with E-state index in [0.717, 1.165) is 24.0 Å². The van der Waals surface area contributed by atoms with Crippen molar-refractivity contribution in [3.05, 3.63) is 34.4 Å². The van der Waals surface area contributed by atoms with Gasteiger partial charge in [-0.15, -0.1) is 0 Å². The molecule has 0 atom stereocenters. The Balaban J connectivity index is 3.34. The van der Waals surface area contributed by atoms with Gasteiger partial charge in [-0.25, -0.2) is 0 Å². The van der Waals surface area contributed by atoms with Crippen LogP contribution in [0.4, 0.5) is 0 Å². The van der Waals surface area contributed by atoms with Crippen LogP contribution >= 0.6 is 0 Å². The van der Waals surface area contributed by atoms with Gasteiger partial charge in [0.25, 0.3) is 0 Å². The average molecular weight is 173 g/mol. The van der Waals surface area contributed by atoms with Crippen molar-refractivity contribution >= 4 is 0 Å². The lowest BCUT2D eigenvalue weighted by Crippen LogP contribution is -1.97. The van der Waals surface area contributed by atoms with E-state index in [0.29, 0.717) is 0 Å². The molecule has 1 aromatic carbocycles. The lowest BCUT2D eigenvalue weighted by atomic mass is 9.94. The van der Waals surface area contributed by atoms with Gasteiger partial charge in [-0.2, -0.15) is 5.26 Å². The van der Waals surface area contributed by atoms with E-state index in [1.165, 1.54) is 11.1 Å². The minimum Gasteiger partial charge on any atom is -0.192 e. The topological polar surface area (TPSA) is 23.8 Å². The average Bonchev–Trinajstić information content (AvgIpc) is 2.17. The molecule has 0 bridgehead atoms. The lowest BCUT2D eigenvalue weighted by molar-refractivity contribution is 1.01. The van der Waals surface area contributed by atoms with Crippen LogP contribution in [-0.2, 0) is 12.8 Å². The second-order valence-corrected chi connectivity index (χ2v) is 3.19. The normalized spacial score (nSPS) is 9.69. The monoisotopic (exact) mass is 173 g/mol. The zero-order valence-corrected chi connectivity index (χ0v) is 8.52. The Morgan fingerprint density at radius 2 is 1.92 bits per heavy atom. The summed E-state index contributed by atoms with van der Waals surface area (Å²) in [7, 11) is 0. The van der Waals surface area contributed by atoms with Crippen molar-refractivity contribution in [1.82, 2.24) is 0 Å². The van der Waals surface area contributed by atoms with Crippen molar-refractivity contribution in [3.8, 4) is 6.07 Å². The van der Waals surface area contributed by atoms with Crippen LogP contribution in [0.1, 0.15) is 36.1 Å². The van der Waals surface area contributed by atoms with Gasteiger partial charge in [-0.1, -0.05) is 19.9 Å². The Kier molecular flexibility index (Phi) is 3.08. The van der Waals surface area contributed by atoms with Crippen molar-refractivity contribution < 1.29 is 0 Å². The van der Waals surface area contributed by atoms with Gasteiger partial charge in [-0.05, 0) is 42.5 Å². The SMILES string of the molecule is CCc1ccc(C#N)c(C)c1CC. The molecule has 0 saturated heterocycles. The molecule has 1 nitrogen and oxygen atoms in total. The molecule has 13 heavy (non-hydrogen) atoms. The molecule has 0 aliphatic rings. The van der Waals surface area contributed by atoms with Crippen molar-refractivity contribution in [2.24, 2.45) is 0 Å². The molecule has 0 aliphatic heterocycles. The van der Waals surface area contributed by atoms with Gasteiger partial charge in [0, 0.05) is 0 Å². The summed E-state index contributed by atoms with van der Waals surface area (Å²) in [6, 6.07) is 6.22. The summed E-state index contributed by atoms with van der Waals surface area (Å²) in [5.74, 6) is 0. The second kappa shape index (κ2) is 4.09. The number of hydrogen-bond donors (Lipinski definition) is 0. The first-order chi connectivity index (χ1) is 6.24. The number of nitrogens with zero attached hydrogens (tertiary/aromatic N) is 1. The van der Waals surface area contributed by atoms with Crippen molar-refractivity contribution in [3.63, 3.8) is 0 Å². The largest absolute Gasteiger partial charge is 0.192 e. The van der Waals surface area contributed by atoms with E-state index in [-0.39, 0.29) is 0 Å². The molecule has 1 aromatic rings. The number of benzene rings is 1. The van der Waals surface area contributed by atoms with E-state index in [1.807, 2.05) is 13.0 Å². The Hall–Kier alpha value is -1.29. The van der Waals surface area contributed by atoms with Gasteiger partial charge in [-0.3, -0.25) is 0 Å². The molecule has 0 amide bonds. The zero-order chi connectivity index (χ0) is 9.84. The van der Waals surface area contributed by atoms with Gasteiger partial charge < -0.3 is 0 Å². The van der Waals surface area contributed by atoms with Gasteiger partial charge in [0.2, 0.25) is 0 Å². The second-order valence-electron chi connectivity index (χ2n) is 3.19. The highest BCUT2D eigenvalue weighted by Gasteiger charge is 2.06. The quantitative estimate of drug-likeness (QED) is 0.674. The van der Waals surface area contributed by atoms with E-state index in [1.54, 1.807) is 0 Å². The van der Waals surface area contributed by atoms with Crippen LogP contribution in [0.5, 0.6) is 0 Å². The maximum Gasteiger partial charge on any atom is 0.0994 e. The predicted molar refractivity (Wildman–Crippen MR) is 54.7 cm³/mol. The minimum absolute atomic E-state index is 0.814. The fourth-order valence-electron chi connectivity index (χ4n) is 1.76. The summed E-state index contributed by atoms with van der Waals surface area (Å²) in [5.41, 5.74) is 4.69. The third-order valence-electron chi connectivity index (χ3n) is 2.55. The van der Waals surface area contributed by atoms with Crippen LogP contribution < -0.4 is 0 Å². The molecule has 0 aromatic heterocycles. The Bertz CT molecular complexity index is 345. The van der Waals surface area contributed by atoms with Crippen LogP contribution in [0, 0.1) is 18.3 Å². The Morgan fingerprint density at radius 1 is 1.23 bits per heavy atom. The molecule has 0 spiro atoms. The van der Waals surface area contributed by atoms with E-state index in [9.17, 15) is 0 Å². The van der Waals surface area contributed by atoms with Crippen LogP contribution in [0.15, 0.2) is 12.1 Å². The van der Waals surface area contributed by atoms with Crippen molar-refractivity contribution in [2.45, 2.75) is 33.6 Å².